The molecule has 3 aliphatic heterocycles. The van der Waals surface area contributed by atoms with E-state index in [1.165, 1.54) is 205 Å². The van der Waals surface area contributed by atoms with E-state index in [-0.39, 0.29) is 18.9 Å². The predicted molar refractivity (Wildman–Crippen MR) is 360 cm³/mol. The monoisotopic (exact) mass is 1310 g/mol. The van der Waals surface area contributed by atoms with Crippen LogP contribution in [0.5, 0.6) is 0 Å². The minimum absolute atomic E-state index is 0.246. The molecule has 0 aromatic rings. The number of nitrogens with one attached hydrogen (secondary N) is 1. The van der Waals surface area contributed by atoms with Crippen LogP contribution in [-0.2, 0) is 33.2 Å². The Kier molecular flexibility index (Phi) is 50.3. The number of rotatable bonds is 58. The van der Waals surface area contributed by atoms with E-state index in [4.69, 9.17) is 28.4 Å². The summed E-state index contributed by atoms with van der Waals surface area (Å²) >= 11 is 0. The van der Waals surface area contributed by atoms with Crippen LogP contribution in [0.1, 0.15) is 290 Å². The lowest BCUT2D eigenvalue weighted by Crippen LogP contribution is -2.66. The average molecular weight is 1310 g/mol. The van der Waals surface area contributed by atoms with Crippen molar-refractivity contribution >= 4 is 5.91 Å². The molecular formula is C73H135NO18. The third-order valence-corrected chi connectivity index (χ3v) is 18.7. The van der Waals surface area contributed by atoms with Gasteiger partial charge in [-0.15, -0.1) is 0 Å². The van der Waals surface area contributed by atoms with Crippen LogP contribution in [0.25, 0.3) is 0 Å². The van der Waals surface area contributed by atoms with Crippen LogP contribution < -0.4 is 5.32 Å². The minimum Gasteiger partial charge on any atom is -0.394 e. The third-order valence-electron chi connectivity index (χ3n) is 18.7. The molecule has 12 N–H and O–H groups in total. The first kappa shape index (κ1) is 84.2. The molecule has 3 fully saturated rings. The predicted octanol–water partition coefficient (Wildman–Crippen LogP) is 10.8. The van der Waals surface area contributed by atoms with Crippen molar-refractivity contribution in [2.75, 3.05) is 26.4 Å². The summed E-state index contributed by atoms with van der Waals surface area (Å²) in [6.07, 6.45) is 39.6. The van der Waals surface area contributed by atoms with Gasteiger partial charge in [0.25, 0.3) is 0 Å². The Balaban J connectivity index is 1.20. The van der Waals surface area contributed by atoms with Crippen molar-refractivity contribution in [1.82, 2.24) is 5.32 Å². The molecule has 0 saturated carbocycles. The number of carbonyl (C=O) groups is 1. The molecule has 0 aliphatic carbocycles. The maximum Gasteiger partial charge on any atom is 0.220 e. The molecule has 19 nitrogen and oxygen atoms in total. The van der Waals surface area contributed by atoms with Gasteiger partial charge in [0.15, 0.2) is 18.9 Å². The molecule has 0 radical (unpaired) electrons. The lowest BCUT2D eigenvalue weighted by molar-refractivity contribution is -0.379. The molecule has 3 heterocycles. The fraction of sp³-hybridized carbons (Fsp3) is 0.904. The van der Waals surface area contributed by atoms with Gasteiger partial charge in [-0.3, -0.25) is 4.79 Å². The van der Waals surface area contributed by atoms with Gasteiger partial charge in [0.05, 0.1) is 38.6 Å². The molecule has 17 atom stereocenters. The second-order valence-electron chi connectivity index (χ2n) is 26.8. The van der Waals surface area contributed by atoms with Gasteiger partial charge in [0.1, 0.15) is 73.2 Å². The van der Waals surface area contributed by atoms with Gasteiger partial charge < -0.3 is 89.9 Å². The Morgan fingerprint density at radius 2 is 0.717 bits per heavy atom. The SMILES string of the molecule is CCCCCC/C=C/C(O)C(COC1OC(CO)C(OC2OC(CO)C(OC3OC(CO)C(O)C(O)C3O)C(O)C2O)C(O)C1O)NC(=O)CCCCCCCCCCCCCCCCCCCCCCCCCCCCCCC/C=C\C/C=C\CCCCCCC. The quantitative estimate of drug-likeness (QED) is 0.0199. The van der Waals surface area contributed by atoms with Gasteiger partial charge in [-0.05, 0) is 51.4 Å². The van der Waals surface area contributed by atoms with Gasteiger partial charge in [-0.2, -0.15) is 0 Å². The maximum atomic E-state index is 13.3. The molecule has 1 amide bonds. The largest absolute Gasteiger partial charge is 0.394 e. The number of allylic oxidation sites excluding steroid dienone is 5. The molecule has 19 heteroatoms. The maximum absolute atomic E-state index is 13.3. The highest BCUT2D eigenvalue weighted by molar-refractivity contribution is 5.76. The summed E-state index contributed by atoms with van der Waals surface area (Å²) in [6, 6.07) is -0.967. The number of aliphatic hydroxyl groups excluding tert-OH is 11. The summed E-state index contributed by atoms with van der Waals surface area (Å²) < 4.78 is 34.2. The number of carbonyl (C=O) groups excluding carboxylic acids is 1. The molecule has 3 rings (SSSR count). The molecule has 0 bridgehead atoms. The smallest absolute Gasteiger partial charge is 0.220 e. The molecule has 0 aromatic carbocycles. The number of unbranched alkanes of at least 4 members (excludes halogenated alkanes) is 38. The highest BCUT2D eigenvalue weighted by atomic mass is 16.8. The van der Waals surface area contributed by atoms with E-state index in [0.29, 0.717) is 6.42 Å². The number of ether oxygens (including phenoxy) is 6. The number of amides is 1. The van der Waals surface area contributed by atoms with E-state index in [0.717, 1.165) is 57.8 Å². The van der Waals surface area contributed by atoms with Crippen LogP contribution in [0.4, 0.5) is 0 Å². The van der Waals surface area contributed by atoms with E-state index >= 15 is 0 Å². The van der Waals surface area contributed by atoms with Crippen molar-refractivity contribution < 1.29 is 89.4 Å². The summed E-state index contributed by atoms with van der Waals surface area (Å²) in [4.78, 5) is 13.3. The zero-order valence-corrected chi connectivity index (χ0v) is 57.3. The van der Waals surface area contributed by atoms with Gasteiger partial charge in [-0.25, -0.2) is 0 Å². The molecule has 17 unspecified atom stereocenters. The van der Waals surface area contributed by atoms with E-state index in [9.17, 15) is 61.0 Å². The first-order valence-electron chi connectivity index (χ1n) is 37.2. The van der Waals surface area contributed by atoms with Crippen LogP contribution in [-0.4, -0.2) is 193 Å². The molecule has 92 heavy (non-hydrogen) atoms. The highest BCUT2D eigenvalue weighted by Crippen LogP contribution is 2.33. The van der Waals surface area contributed by atoms with Crippen molar-refractivity contribution in [1.29, 1.82) is 0 Å². The first-order chi connectivity index (χ1) is 44.8. The van der Waals surface area contributed by atoms with Crippen molar-refractivity contribution in [2.24, 2.45) is 0 Å². The molecule has 3 saturated heterocycles. The van der Waals surface area contributed by atoms with Crippen LogP contribution in [0, 0.1) is 0 Å². The lowest BCUT2D eigenvalue weighted by atomic mass is 9.96. The Morgan fingerprint density at radius 3 is 1.12 bits per heavy atom. The second kappa shape index (κ2) is 55.0. The van der Waals surface area contributed by atoms with Crippen molar-refractivity contribution in [2.45, 2.75) is 394 Å². The number of aliphatic hydroxyl groups is 11. The molecule has 0 spiro atoms. The van der Waals surface area contributed by atoms with E-state index < -0.39 is 124 Å². The van der Waals surface area contributed by atoms with Gasteiger partial charge >= 0.3 is 0 Å². The number of hydrogen-bond acceptors (Lipinski definition) is 18. The van der Waals surface area contributed by atoms with Crippen molar-refractivity contribution in [3.8, 4) is 0 Å². The van der Waals surface area contributed by atoms with Gasteiger partial charge in [0.2, 0.25) is 5.91 Å². The molecule has 540 valence electrons. The zero-order chi connectivity index (χ0) is 66.8. The van der Waals surface area contributed by atoms with Crippen molar-refractivity contribution in [3.63, 3.8) is 0 Å². The van der Waals surface area contributed by atoms with Gasteiger partial charge in [-0.1, -0.05) is 269 Å². The van der Waals surface area contributed by atoms with Gasteiger partial charge in [0, 0.05) is 6.42 Å². The molecule has 3 aliphatic rings. The van der Waals surface area contributed by atoms with E-state index in [1.54, 1.807) is 6.08 Å². The summed E-state index contributed by atoms with van der Waals surface area (Å²) in [5.74, 6) is -0.277. The fourth-order valence-corrected chi connectivity index (χ4v) is 12.6. The summed E-state index contributed by atoms with van der Waals surface area (Å²) in [7, 11) is 0. The minimum atomic E-state index is -1.98. The topological polar surface area (TPSA) is 307 Å². The third kappa shape index (κ3) is 36.0. The number of hydrogen-bond donors (Lipinski definition) is 12. The molecular weight excluding hydrogens is 1180 g/mol. The lowest BCUT2D eigenvalue weighted by Gasteiger charge is -2.48. The summed E-state index contributed by atoms with van der Waals surface area (Å²) in [5.41, 5.74) is 0. The Morgan fingerprint density at radius 1 is 0.391 bits per heavy atom. The highest BCUT2D eigenvalue weighted by Gasteiger charge is 2.53. The summed E-state index contributed by atoms with van der Waals surface area (Å²) in [6.45, 7) is 1.63. The normalized spacial score (nSPS) is 27.9. The van der Waals surface area contributed by atoms with Crippen LogP contribution >= 0.6 is 0 Å². The Bertz CT molecular complexity index is 1810. The average Bonchev–Trinajstić information content (AvgIpc) is 0.844. The van der Waals surface area contributed by atoms with Crippen molar-refractivity contribution in [3.05, 3.63) is 36.5 Å². The van der Waals surface area contributed by atoms with Crippen LogP contribution in [0.15, 0.2) is 36.5 Å². The van der Waals surface area contributed by atoms with Crippen LogP contribution in [0.3, 0.4) is 0 Å². The van der Waals surface area contributed by atoms with Crippen LogP contribution in [0.2, 0.25) is 0 Å². The fourth-order valence-electron chi connectivity index (χ4n) is 12.6. The first-order valence-corrected chi connectivity index (χ1v) is 37.2. The van der Waals surface area contributed by atoms with E-state index in [1.807, 2.05) is 6.08 Å². The summed E-state index contributed by atoms with van der Waals surface area (Å²) in [5, 5.41) is 120. The van der Waals surface area contributed by atoms with E-state index in [2.05, 4.69) is 43.5 Å². The Labute approximate surface area is 555 Å². The standard InChI is InChI=1S/C73H135NO18/c1-3-5-7-9-11-12-13-14-15-16-17-18-19-20-21-22-23-24-25-26-27-28-29-30-31-32-33-34-35-36-37-38-39-40-41-42-43-44-45-47-49-51-61(79)74-56(57(78)50-48-46-10-8-6-4-2)55-87-71-67(85)64(82)69(59(53-76)89-71)92-73-68(86)65(83)70(60(54-77)90-73)91-72-66(84)63(81)62(80)58(52-75)88-72/h13-14,16-17,48,50,56-60,62-73,75-78,80-86H,3-12,15,18-47,49,51-55H2,1-2H3,(H,74,79)/b14-13-,17-16-,50-48+. The Hall–Kier alpha value is -1.99. The zero-order valence-electron chi connectivity index (χ0n) is 57.3. The second-order valence-corrected chi connectivity index (χ2v) is 26.8. The molecule has 0 aromatic heterocycles.